The molecule has 3 amide bonds. The maximum absolute atomic E-state index is 13.0. The van der Waals surface area contributed by atoms with Crippen LogP contribution >= 0.6 is 46.5 Å². The number of amides is 3. The van der Waals surface area contributed by atoms with Gasteiger partial charge in [0.2, 0.25) is 5.91 Å². The van der Waals surface area contributed by atoms with E-state index >= 15 is 0 Å². The van der Waals surface area contributed by atoms with Gasteiger partial charge in [0.1, 0.15) is 42.0 Å². The van der Waals surface area contributed by atoms with Crippen molar-refractivity contribution in [3.63, 3.8) is 0 Å². The van der Waals surface area contributed by atoms with Crippen molar-refractivity contribution in [2.45, 2.75) is 16.6 Å². The summed E-state index contributed by atoms with van der Waals surface area (Å²) in [6.45, 7) is 0. The molecule has 19 heteroatoms. The van der Waals surface area contributed by atoms with Crippen LogP contribution in [0.2, 0.25) is 0 Å². The Bertz CT molecular complexity index is 1460. The topological polar surface area (TPSA) is 198 Å². The number of thioether (sulfide) groups is 2. The van der Waals surface area contributed by atoms with E-state index < -0.39 is 40.7 Å². The highest BCUT2D eigenvalue weighted by Crippen LogP contribution is 2.41. The summed E-state index contributed by atoms with van der Waals surface area (Å²) >= 11 is 8.91. The van der Waals surface area contributed by atoms with Crippen LogP contribution in [0.15, 0.2) is 38.0 Å². The number of anilines is 1. The highest BCUT2D eigenvalue weighted by atomic mass is 35.5. The first kappa shape index (κ1) is 28.5. The van der Waals surface area contributed by atoms with Crippen molar-refractivity contribution in [1.29, 1.82) is 0 Å². The van der Waals surface area contributed by atoms with E-state index in [-0.39, 0.29) is 39.6 Å². The quantitative estimate of drug-likeness (QED) is 0.104. The number of hydrogen-bond donors (Lipinski definition) is 3. The average Bonchev–Trinajstić information content (AvgIpc) is 3.37. The molecular formula is C20H19ClN8O7S3. The Balaban J connectivity index is 1.48. The van der Waals surface area contributed by atoms with Crippen molar-refractivity contribution in [3.05, 3.63) is 38.9 Å². The van der Waals surface area contributed by atoms with Crippen molar-refractivity contribution >= 4 is 81.0 Å². The number of carboxylic acids is 1. The van der Waals surface area contributed by atoms with Crippen LogP contribution in [0.25, 0.3) is 0 Å². The van der Waals surface area contributed by atoms with Gasteiger partial charge in [0.05, 0.1) is 0 Å². The van der Waals surface area contributed by atoms with Crippen LogP contribution in [0.1, 0.15) is 5.69 Å². The number of halogens is 1. The molecule has 2 aliphatic rings. The second kappa shape index (κ2) is 12.1. The largest absolute Gasteiger partial charge is 0.477 e. The van der Waals surface area contributed by atoms with E-state index in [0.29, 0.717) is 10.7 Å². The Kier molecular flexibility index (Phi) is 8.88. The molecule has 2 aliphatic heterocycles. The smallest absolute Gasteiger partial charge is 0.352 e. The minimum atomic E-state index is -1.29. The molecular weight excluding hydrogens is 596 g/mol. The van der Waals surface area contributed by atoms with Crippen LogP contribution in [-0.4, -0.2) is 95.1 Å². The standard InChI is InChI=1S/C20H19ClN8O7S3/c1-28-20(25-11(31)4-22-28)39-6-8-5-37-17-13(16(33)29(17)14(8)18(34)35)26-15(32)12(27-36-2)9-7-38-19(23-9)24-10(30)3-21/h4,7,13,17H,3,5-6H2,1-2H3,(H,26,32)(H,34,35)(H,23,24,30)/b27-12-/t13-,17-/m1/s1. The number of β-lactam (4-membered cyclic amide) rings is 1. The van der Waals surface area contributed by atoms with E-state index in [9.17, 15) is 29.1 Å². The van der Waals surface area contributed by atoms with Gasteiger partial charge in [-0.3, -0.25) is 24.1 Å². The Labute approximate surface area is 237 Å². The highest BCUT2D eigenvalue weighted by molar-refractivity contribution is 8.01. The van der Waals surface area contributed by atoms with E-state index in [1.807, 2.05) is 0 Å². The Hall–Kier alpha value is -3.48. The second-order valence-electron chi connectivity index (χ2n) is 7.75. The number of fused-ring (bicyclic) bond motifs is 1. The summed E-state index contributed by atoms with van der Waals surface area (Å²) in [7, 11) is 2.83. The van der Waals surface area contributed by atoms with E-state index in [1.165, 1.54) is 28.9 Å². The molecule has 0 saturated carbocycles. The average molecular weight is 615 g/mol. The maximum atomic E-state index is 13.0. The molecule has 15 nitrogen and oxygen atoms in total. The first-order valence-electron chi connectivity index (χ1n) is 10.8. The molecule has 1 fully saturated rings. The van der Waals surface area contributed by atoms with Gasteiger partial charge in [-0.15, -0.1) is 34.7 Å². The number of aromatic nitrogens is 4. The van der Waals surface area contributed by atoms with E-state index in [4.69, 9.17) is 16.4 Å². The van der Waals surface area contributed by atoms with Gasteiger partial charge in [0.15, 0.2) is 16.0 Å². The molecule has 0 radical (unpaired) electrons. The summed E-state index contributed by atoms with van der Waals surface area (Å²) in [6.07, 6.45) is 1.07. The van der Waals surface area contributed by atoms with Crippen LogP contribution in [-0.2, 0) is 31.1 Å². The number of nitrogens with one attached hydrogen (secondary N) is 2. The molecule has 1 saturated heterocycles. The molecule has 0 aromatic carbocycles. The number of carboxylic acid groups (broad SMARTS) is 1. The first-order valence-corrected chi connectivity index (χ1v) is 14.3. The molecule has 2 aromatic rings. The summed E-state index contributed by atoms with van der Waals surface area (Å²) in [5, 5.41) is 23.8. The van der Waals surface area contributed by atoms with Crippen molar-refractivity contribution in [3.8, 4) is 0 Å². The number of aliphatic carboxylic acids is 1. The summed E-state index contributed by atoms with van der Waals surface area (Å²) in [4.78, 5) is 75.1. The monoisotopic (exact) mass is 614 g/mol. The zero-order valence-electron chi connectivity index (χ0n) is 20.1. The number of aryl methyl sites for hydroxylation is 1. The van der Waals surface area contributed by atoms with E-state index in [0.717, 1.165) is 34.2 Å². The van der Waals surface area contributed by atoms with E-state index in [2.05, 4.69) is 30.9 Å². The number of carbonyl (C=O) groups is 4. The molecule has 4 heterocycles. The molecule has 3 N–H and O–H groups in total. The fourth-order valence-electron chi connectivity index (χ4n) is 3.55. The highest BCUT2D eigenvalue weighted by Gasteiger charge is 2.54. The number of hydrogen-bond acceptors (Lipinski definition) is 13. The van der Waals surface area contributed by atoms with Crippen molar-refractivity contribution in [2.24, 2.45) is 12.2 Å². The van der Waals surface area contributed by atoms with Gasteiger partial charge >= 0.3 is 5.97 Å². The normalized spacial score (nSPS) is 18.8. The lowest BCUT2D eigenvalue weighted by Crippen LogP contribution is -2.71. The fourth-order valence-corrected chi connectivity index (χ4v) is 6.73. The minimum absolute atomic E-state index is 0.0907. The number of rotatable bonds is 10. The molecule has 39 heavy (non-hydrogen) atoms. The molecule has 4 rings (SSSR count). The Morgan fingerprint density at radius 1 is 1.33 bits per heavy atom. The fraction of sp³-hybridized carbons (Fsp3) is 0.350. The lowest BCUT2D eigenvalue weighted by molar-refractivity contribution is -0.150. The maximum Gasteiger partial charge on any atom is 0.352 e. The van der Waals surface area contributed by atoms with Gasteiger partial charge in [-0.1, -0.05) is 16.9 Å². The van der Waals surface area contributed by atoms with Gasteiger partial charge in [0.25, 0.3) is 17.4 Å². The minimum Gasteiger partial charge on any atom is -0.477 e. The van der Waals surface area contributed by atoms with Gasteiger partial charge in [-0.2, -0.15) is 10.1 Å². The van der Waals surface area contributed by atoms with Crippen molar-refractivity contribution < 1.29 is 29.1 Å². The number of oxime groups is 1. The lowest BCUT2D eigenvalue weighted by Gasteiger charge is -2.49. The number of carbonyl (C=O) groups excluding carboxylic acids is 3. The SMILES string of the molecule is CO/N=C(\C(=O)N[C@@H]1C(=O)N2C(C(=O)O)=C(CSc3nc(=O)cnn3C)CS[C@H]12)c1csc(NC(=O)CCl)n1. The molecule has 206 valence electrons. The van der Waals surface area contributed by atoms with Crippen LogP contribution in [0.4, 0.5) is 5.13 Å². The predicted molar refractivity (Wildman–Crippen MR) is 143 cm³/mol. The number of thiazole rings is 1. The molecule has 0 spiro atoms. The molecule has 2 aromatic heterocycles. The van der Waals surface area contributed by atoms with Crippen LogP contribution < -0.4 is 16.2 Å². The molecule has 0 bridgehead atoms. The Morgan fingerprint density at radius 2 is 2.10 bits per heavy atom. The third kappa shape index (κ3) is 6.07. The summed E-state index contributed by atoms with van der Waals surface area (Å²) in [5.74, 6) is -3.02. The number of nitrogens with zero attached hydrogens (tertiary/aromatic N) is 6. The van der Waals surface area contributed by atoms with Crippen molar-refractivity contribution in [1.82, 2.24) is 30.0 Å². The van der Waals surface area contributed by atoms with Gasteiger partial charge < -0.3 is 20.6 Å². The summed E-state index contributed by atoms with van der Waals surface area (Å²) in [6, 6.07) is -1.03. The van der Waals surface area contributed by atoms with Crippen LogP contribution in [0.3, 0.4) is 0 Å². The van der Waals surface area contributed by atoms with E-state index in [1.54, 1.807) is 7.05 Å². The summed E-state index contributed by atoms with van der Waals surface area (Å²) < 4.78 is 1.39. The van der Waals surface area contributed by atoms with Crippen LogP contribution in [0, 0.1) is 0 Å². The first-order chi connectivity index (χ1) is 18.6. The van der Waals surface area contributed by atoms with Gasteiger partial charge in [0, 0.05) is 23.9 Å². The zero-order valence-corrected chi connectivity index (χ0v) is 23.3. The lowest BCUT2D eigenvalue weighted by atomic mass is 10.0. The number of alkyl halides is 1. The zero-order chi connectivity index (χ0) is 28.3. The molecule has 2 atom stereocenters. The van der Waals surface area contributed by atoms with Crippen LogP contribution in [0.5, 0.6) is 0 Å². The molecule has 0 aliphatic carbocycles. The Morgan fingerprint density at radius 3 is 2.79 bits per heavy atom. The predicted octanol–water partition coefficient (Wildman–Crippen LogP) is -0.309. The summed E-state index contributed by atoms with van der Waals surface area (Å²) in [5.41, 5.74) is -0.398. The van der Waals surface area contributed by atoms with Crippen molar-refractivity contribution in [2.75, 3.05) is 29.8 Å². The third-order valence-corrected chi connectivity index (χ3v) is 8.69. The van der Waals surface area contributed by atoms with Gasteiger partial charge in [-0.25, -0.2) is 14.5 Å². The second-order valence-corrected chi connectivity index (χ2v) is 10.9. The third-order valence-electron chi connectivity index (χ3n) is 5.25. The molecule has 0 unspecified atom stereocenters. The van der Waals surface area contributed by atoms with Gasteiger partial charge in [-0.05, 0) is 5.57 Å².